The molecule has 1 unspecified atom stereocenters. The second-order valence-corrected chi connectivity index (χ2v) is 10.4. The van der Waals surface area contributed by atoms with E-state index in [4.69, 9.17) is 4.98 Å². The van der Waals surface area contributed by atoms with Crippen molar-refractivity contribution < 1.29 is 9.59 Å². The van der Waals surface area contributed by atoms with Crippen LogP contribution in [-0.4, -0.2) is 52.8 Å². The van der Waals surface area contributed by atoms with E-state index in [2.05, 4.69) is 50.8 Å². The summed E-state index contributed by atoms with van der Waals surface area (Å²) >= 11 is 0. The molecule has 2 aliphatic rings. The molecule has 1 fully saturated rings. The van der Waals surface area contributed by atoms with Gasteiger partial charge in [-0.15, -0.1) is 0 Å². The summed E-state index contributed by atoms with van der Waals surface area (Å²) in [6.45, 7) is 12.7. The molecule has 36 heavy (non-hydrogen) atoms. The lowest BCUT2D eigenvalue weighted by Crippen LogP contribution is -2.35. The van der Waals surface area contributed by atoms with Crippen LogP contribution in [0.25, 0.3) is 0 Å². The average Bonchev–Trinajstić information content (AvgIpc) is 3.24. The van der Waals surface area contributed by atoms with Gasteiger partial charge >= 0.3 is 0 Å². The second kappa shape index (κ2) is 11.9. The Morgan fingerprint density at radius 2 is 1.86 bits per heavy atom. The molecule has 2 amide bonds. The number of piperidine rings is 1. The highest BCUT2D eigenvalue weighted by Gasteiger charge is 2.29. The van der Waals surface area contributed by atoms with E-state index < -0.39 is 0 Å². The number of fused-ring (bicyclic) bond motifs is 1. The molecule has 0 bridgehead atoms. The number of hydrogen-bond donors (Lipinski definition) is 0. The number of hydrogen-bond acceptors (Lipinski definition) is 4. The number of rotatable bonds is 10. The summed E-state index contributed by atoms with van der Waals surface area (Å²) in [5.74, 6) is 1.45. The Hall–Kier alpha value is -2.89. The zero-order valence-corrected chi connectivity index (χ0v) is 22.6. The van der Waals surface area contributed by atoms with Crippen LogP contribution in [0.5, 0.6) is 0 Å². The van der Waals surface area contributed by atoms with Crippen molar-refractivity contribution in [1.29, 1.82) is 0 Å². The van der Waals surface area contributed by atoms with E-state index in [-0.39, 0.29) is 17.7 Å². The fourth-order valence-electron chi connectivity index (χ4n) is 5.32. The molecule has 0 N–H and O–H groups in total. The number of pyridine rings is 1. The Morgan fingerprint density at radius 1 is 1.08 bits per heavy atom. The van der Waals surface area contributed by atoms with Crippen LogP contribution in [0, 0.1) is 0 Å². The predicted molar refractivity (Wildman–Crippen MR) is 146 cm³/mol. The first-order valence-corrected chi connectivity index (χ1v) is 14.0. The largest absolute Gasteiger partial charge is 0.339 e. The molecule has 4 rings (SSSR count). The molecule has 0 saturated carbocycles. The minimum atomic E-state index is 0.101. The van der Waals surface area contributed by atoms with Gasteiger partial charge in [-0.3, -0.25) is 9.59 Å². The molecule has 0 radical (unpaired) electrons. The molecule has 1 saturated heterocycles. The van der Waals surface area contributed by atoms with Gasteiger partial charge in [-0.25, -0.2) is 4.98 Å². The van der Waals surface area contributed by atoms with Crippen LogP contribution < -0.4 is 4.90 Å². The topological polar surface area (TPSA) is 56.8 Å². The molecule has 0 aliphatic carbocycles. The molecular weight excluding hydrogens is 448 g/mol. The number of unbranched alkanes of at least 4 members (excludes halogenated alkanes) is 1. The molecule has 1 aromatic carbocycles. The van der Waals surface area contributed by atoms with Crippen molar-refractivity contribution in [2.45, 2.75) is 85.1 Å². The lowest BCUT2D eigenvalue weighted by Gasteiger charge is -2.30. The van der Waals surface area contributed by atoms with Crippen LogP contribution in [0.3, 0.4) is 0 Å². The van der Waals surface area contributed by atoms with Crippen LogP contribution in [0.4, 0.5) is 11.5 Å². The molecule has 2 aliphatic heterocycles. The highest BCUT2D eigenvalue weighted by Crippen LogP contribution is 2.36. The molecule has 3 heterocycles. The summed E-state index contributed by atoms with van der Waals surface area (Å²) in [6, 6.07) is 8.30. The van der Waals surface area contributed by atoms with Gasteiger partial charge in [-0.1, -0.05) is 34.1 Å². The van der Waals surface area contributed by atoms with Gasteiger partial charge in [0.1, 0.15) is 5.82 Å². The van der Waals surface area contributed by atoms with Crippen LogP contribution in [0.15, 0.2) is 30.5 Å². The zero-order chi connectivity index (χ0) is 25.7. The van der Waals surface area contributed by atoms with Crippen molar-refractivity contribution in [2.75, 3.05) is 31.1 Å². The minimum absolute atomic E-state index is 0.101. The fraction of sp³-hybridized carbons (Fsp3) is 0.567. The molecule has 194 valence electrons. The maximum atomic E-state index is 13.2. The van der Waals surface area contributed by atoms with Gasteiger partial charge in [-0.05, 0) is 79.8 Å². The van der Waals surface area contributed by atoms with E-state index in [1.165, 1.54) is 6.42 Å². The third-order valence-corrected chi connectivity index (χ3v) is 7.69. The normalized spacial score (nSPS) is 16.3. The van der Waals surface area contributed by atoms with Gasteiger partial charge < -0.3 is 14.7 Å². The summed E-state index contributed by atoms with van der Waals surface area (Å²) < 4.78 is 0. The molecule has 1 atom stereocenters. The van der Waals surface area contributed by atoms with Crippen molar-refractivity contribution in [2.24, 2.45) is 0 Å². The van der Waals surface area contributed by atoms with E-state index in [9.17, 15) is 9.59 Å². The van der Waals surface area contributed by atoms with E-state index in [1.807, 2.05) is 15.9 Å². The third-order valence-electron chi connectivity index (χ3n) is 7.69. The monoisotopic (exact) mass is 490 g/mol. The van der Waals surface area contributed by atoms with Gasteiger partial charge in [0.2, 0.25) is 0 Å². The first kappa shape index (κ1) is 26.2. The molecule has 6 heteroatoms. The van der Waals surface area contributed by atoms with Gasteiger partial charge in [0, 0.05) is 50.2 Å². The molecule has 1 aromatic heterocycles. The van der Waals surface area contributed by atoms with E-state index in [0.717, 1.165) is 92.9 Å². The molecule has 0 spiro atoms. The number of carbonyl (C=O) groups is 2. The maximum absolute atomic E-state index is 13.2. The number of aromatic nitrogens is 1. The third kappa shape index (κ3) is 5.42. The van der Waals surface area contributed by atoms with E-state index >= 15 is 0 Å². The number of benzene rings is 1. The Morgan fingerprint density at radius 3 is 2.56 bits per heavy atom. The molecule has 6 nitrogen and oxygen atoms in total. The van der Waals surface area contributed by atoms with Gasteiger partial charge in [0.15, 0.2) is 0 Å². The van der Waals surface area contributed by atoms with Gasteiger partial charge in [-0.2, -0.15) is 0 Å². The number of likely N-dealkylation sites (tertiary alicyclic amines) is 1. The van der Waals surface area contributed by atoms with Crippen molar-refractivity contribution in [3.8, 4) is 0 Å². The van der Waals surface area contributed by atoms with Crippen LogP contribution in [0.2, 0.25) is 0 Å². The lowest BCUT2D eigenvalue weighted by atomic mass is 9.96. The predicted octanol–water partition coefficient (Wildman–Crippen LogP) is 6.53. The maximum Gasteiger partial charge on any atom is 0.255 e. The Balaban J connectivity index is 1.67. The van der Waals surface area contributed by atoms with Crippen molar-refractivity contribution >= 4 is 23.3 Å². The minimum Gasteiger partial charge on any atom is -0.339 e. The Kier molecular flexibility index (Phi) is 8.65. The summed E-state index contributed by atoms with van der Waals surface area (Å²) in [4.78, 5) is 37.2. The lowest BCUT2D eigenvalue weighted by molar-refractivity contribution is 0.0723. The summed E-state index contributed by atoms with van der Waals surface area (Å²) in [7, 11) is 0. The smallest absolute Gasteiger partial charge is 0.255 e. The van der Waals surface area contributed by atoms with Crippen molar-refractivity contribution in [3.05, 3.63) is 52.7 Å². The van der Waals surface area contributed by atoms with Crippen molar-refractivity contribution in [1.82, 2.24) is 14.8 Å². The van der Waals surface area contributed by atoms with Crippen LogP contribution >= 0.6 is 0 Å². The highest BCUT2D eigenvalue weighted by molar-refractivity contribution is 5.99. The van der Waals surface area contributed by atoms with Crippen molar-refractivity contribution in [3.63, 3.8) is 0 Å². The number of carbonyl (C=O) groups excluding carboxylic acids is 2. The quantitative estimate of drug-likeness (QED) is 0.380. The Bertz CT molecular complexity index is 1080. The number of anilines is 2. The number of amides is 2. The molecule has 2 aromatic rings. The standard InChI is InChI=1S/C30H42N4O2/c1-5-8-15-33-21-24-18-25(12-13-26(24)30(33)36)34(14-6-2)28-27(22(4)7-3)19-23(20-31-28)29(35)32-16-10-9-11-17-32/h12-13,18-20,22H,5-11,14-17,21H2,1-4H3. The van der Waals surface area contributed by atoms with E-state index in [1.54, 1.807) is 6.20 Å². The Labute approximate surface area is 216 Å². The second-order valence-electron chi connectivity index (χ2n) is 10.4. The van der Waals surface area contributed by atoms with Gasteiger partial charge in [0.25, 0.3) is 11.8 Å². The average molecular weight is 491 g/mol. The SMILES string of the molecule is CCCCN1Cc2cc(N(CCC)c3ncc(C(=O)N4CCCCC4)cc3C(C)CC)ccc2C1=O. The fourth-order valence-corrected chi connectivity index (χ4v) is 5.32. The first-order valence-electron chi connectivity index (χ1n) is 14.0. The summed E-state index contributed by atoms with van der Waals surface area (Å²) in [6.07, 6.45) is 9.18. The molecular formula is C30H42N4O2. The summed E-state index contributed by atoms with van der Waals surface area (Å²) in [5.41, 5.74) is 4.79. The zero-order valence-electron chi connectivity index (χ0n) is 22.6. The summed E-state index contributed by atoms with van der Waals surface area (Å²) in [5, 5.41) is 0. The highest BCUT2D eigenvalue weighted by atomic mass is 16.2. The van der Waals surface area contributed by atoms with Crippen LogP contribution in [0.1, 0.15) is 110 Å². The van der Waals surface area contributed by atoms with Crippen LogP contribution in [-0.2, 0) is 6.54 Å². The van der Waals surface area contributed by atoms with Gasteiger partial charge in [0.05, 0.1) is 5.56 Å². The first-order chi connectivity index (χ1) is 17.5. The number of nitrogens with zero attached hydrogens (tertiary/aromatic N) is 4. The van der Waals surface area contributed by atoms with E-state index in [0.29, 0.717) is 12.1 Å².